The molecule has 2 aromatic rings. The predicted octanol–water partition coefficient (Wildman–Crippen LogP) is 3.05. The lowest BCUT2D eigenvalue weighted by Crippen LogP contribution is -2.47. The second-order valence-electron chi connectivity index (χ2n) is 7.79. The number of rotatable bonds is 6. The molecule has 2 heterocycles. The fraction of sp³-hybridized carbons (Fsp3) is 0.435. The molecular weight excluding hydrogens is 364 g/mol. The minimum atomic E-state index is -0.0337. The number of pyridine rings is 1. The zero-order valence-electron chi connectivity index (χ0n) is 17.3. The van der Waals surface area contributed by atoms with Crippen LogP contribution in [-0.4, -0.2) is 65.4 Å². The van der Waals surface area contributed by atoms with Gasteiger partial charge in [0.05, 0.1) is 0 Å². The molecule has 1 fully saturated rings. The molecule has 0 aliphatic carbocycles. The molecule has 0 N–H and O–H groups in total. The van der Waals surface area contributed by atoms with Gasteiger partial charge in [0.15, 0.2) is 0 Å². The maximum Gasteiger partial charge on any atom is 0.319 e. The predicted molar refractivity (Wildman–Crippen MR) is 113 cm³/mol. The van der Waals surface area contributed by atoms with E-state index >= 15 is 0 Å². The fourth-order valence-electron chi connectivity index (χ4n) is 3.75. The van der Waals surface area contributed by atoms with Crippen LogP contribution in [0.2, 0.25) is 0 Å². The summed E-state index contributed by atoms with van der Waals surface area (Å²) >= 11 is 0. The summed E-state index contributed by atoms with van der Waals surface area (Å²) in [6, 6.07) is 14.2. The minimum absolute atomic E-state index is 0.0205. The molecule has 1 aliphatic rings. The van der Waals surface area contributed by atoms with Crippen LogP contribution in [-0.2, 0) is 17.8 Å². The average molecular weight is 395 g/mol. The van der Waals surface area contributed by atoms with Gasteiger partial charge in [-0.25, -0.2) is 4.79 Å². The molecule has 1 aromatic carbocycles. The lowest BCUT2D eigenvalue weighted by Gasteiger charge is -2.35. The second-order valence-corrected chi connectivity index (χ2v) is 7.79. The SMILES string of the molecule is CN(C)C(=O)N1CCC(C(=O)N(CCc2ccccc2)Cc2cccnc2)CC1. The highest BCUT2D eigenvalue weighted by Gasteiger charge is 2.30. The van der Waals surface area contributed by atoms with Crippen LogP contribution in [0.15, 0.2) is 54.9 Å². The van der Waals surface area contributed by atoms with Gasteiger partial charge in [-0.3, -0.25) is 9.78 Å². The van der Waals surface area contributed by atoms with Crippen molar-refractivity contribution in [1.82, 2.24) is 19.7 Å². The molecule has 29 heavy (non-hydrogen) atoms. The normalized spacial score (nSPS) is 14.5. The van der Waals surface area contributed by atoms with Gasteiger partial charge < -0.3 is 14.7 Å². The first-order valence-corrected chi connectivity index (χ1v) is 10.2. The van der Waals surface area contributed by atoms with Crippen LogP contribution in [0.1, 0.15) is 24.0 Å². The molecule has 1 aromatic heterocycles. The summed E-state index contributed by atoms with van der Waals surface area (Å²) in [5.41, 5.74) is 2.26. The number of carbonyl (C=O) groups is 2. The number of likely N-dealkylation sites (tertiary alicyclic amines) is 1. The third kappa shape index (κ3) is 5.79. The Labute approximate surface area is 173 Å². The molecule has 0 unspecified atom stereocenters. The monoisotopic (exact) mass is 394 g/mol. The number of carbonyl (C=O) groups excluding carboxylic acids is 2. The summed E-state index contributed by atoms with van der Waals surface area (Å²) in [5, 5.41) is 0. The quantitative estimate of drug-likeness (QED) is 0.757. The summed E-state index contributed by atoms with van der Waals surface area (Å²) in [6.45, 7) is 2.50. The fourth-order valence-corrected chi connectivity index (χ4v) is 3.75. The lowest BCUT2D eigenvalue weighted by atomic mass is 9.95. The van der Waals surface area contributed by atoms with E-state index in [2.05, 4.69) is 17.1 Å². The molecule has 0 bridgehead atoms. The Kier molecular flexibility index (Phi) is 7.22. The number of piperidine rings is 1. The Hall–Kier alpha value is -2.89. The molecule has 0 spiro atoms. The molecule has 0 radical (unpaired) electrons. The van der Waals surface area contributed by atoms with Gasteiger partial charge in [0.25, 0.3) is 0 Å². The average Bonchev–Trinajstić information content (AvgIpc) is 2.77. The van der Waals surface area contributed by atoms with Crippen molar-refractivity contribution < 1.29 is 9.59 Å². The molecule has 1 aliphatic heterocycles. The number of urea groups is 1. The second kappa shape index (κ2) is 10.0. The number of amides is 3. The van der Waals surface area contributed by atoms with E-state index in [1.807, 2.05) is 46.3 Å². The first kappa shape index (κ1) is 20.8. The van der Waals surface area contributed by atoms with Crippen LogP contribution in [0.25, 0.3) is 0 Å². The third-order valence-electron chi connectivity index (χ3n) is 5.42. The van der Waals surface area contributed by atoms with Gasteiger partial charge in [0, 0.05) is 58.6 Å². The lowest BCUT2D eigenvalue weighted by molar-refractivity contribution is -0.137. The Morgan fingerprint density at radius 2 is 1.72 bits per heavy atom. The van der Waals surface area contributed by atoms with Gasteiger partial charge in [-0.15, -0.1) is 0 Å². The summed E-state index contributed by atoms with van der Waals surface area (Å²) in [6.07, 6.45) is 5.82. The van der Waals surface area contributed by atoms with Gasteiger partial charge in [-0.1, -0.05) is 36.4 Å². The van der Waals surface area contributed by atoms with Gasteiger partial charge in [0.1, 0.15) is 0 Å². The molecule has 6 heteroatoms. The first-order valence-electron chi connectivity index (χ1n) is 10.2. The first-order chi connectivity index (χ1) is 14.0. The van der Waals surface area contributed by atoms with E-state index in [0.717, 1.165) is 12.0 Å². The van der Waals surface area contributed by atoms with Crippen molar-refractivity contribution >= 4 is 11.9 Å². The van der Waals surface area contributed by atoms with E-state index in [1.165, 1.54) is 5.56 Å². The highest BCUT2D eigenvalue weighted by atomic mass is 16.2. The Bertz CT molecular complexity index is 787. The van der Waals surface area contributed by atoms with Gasteiger partial charge in [-0.05, 0) is 36.5 Å². The Morgan fingerprint density at radius 1 is 1.03 bits per heavy atom. The third-order valence-corrected chi connectivity index (χ3v) is 5.42. The van der Waals surface area contributed by atoms with Crippen LogP contribution in [0.5, 0.6) is 0 Å². The summed E-state index contributed by atoms with van der Waals surface area (Å²) in [7, 11) is 3.53. The number of hydrogen-bond donors (Lipinski definition) is 0. The maximum absolute atomic E-state index is 13.3. The van der Waals surface area contributed by atoms with E-state index in [0.29, 0.717) is 39.0 Å². The zero-order valence-corrected chi connectivity index (χ0v) is 17.3. The Morgan fingerprint density at radius 3 is 2.34 bits per heavy atom. The highest BCUT2D eigenvalue weighted by molar-refractivity contribution is 5.80. The molecule has 154 valence electrons. The smallest absolute Gasteiger partial charge is 0.319 e. The van der Waals surface area contributed by atoms with Crippen LogP contribution < -0.4 is 0 Å². The van der Waals surface area contributed by atoms with Crippen molar-refractivity contribution in [2.45, 2.75) is 25.8 Å². The van der Waals surface area contributed by atoms with Crippen molar-refractivity contribution in [2.24, 2.45) is 5.92 Å². The molecule has 0 atom stereocenters. The van der Waals surface area contributed by atoms with Crippen LogP contribution in [0.3, 0.4) is 0 Å². The van der Waals surface area contributed by atoms with Crippen LogP contribution in [0, 0.1) is 5.92 Å². The minimum Gasteiger partial charge on any atom is -0.338 e. The topological polar surface area (TPSA) is 56.8 Å². The number of benzene rings is 1. The summed E-state index contributed by atoms with van der Waals surface area (Å²) in [4.78, 5) is 35.1. The summed E-state index contributed by atoms with van der Waals surface area (Å²) in [5.74, 6) is 0.149. The van der Waals surface area contributed by atoms with Gasteiger partial charge in [0.2, 0.25) is 5.91 Å². The molecular formula is C23H30N4O2. The molecule has 3 rings (SSSR count). The van der Waals surface area contributed by atoms with E-state index < -0.39 is 0 Å². The Balaban J connectivity index is 1.64. The maximum atomic E-state index is 13.3. The van der Waals surface area contributed by atoms with Crippen molar-refractivity contribution in [2.75, 3.05) is 33.7 Å². The van der Waals surface area contributed by atoms with Crippen molar-refractivity contribution in [3.8, 4) is 0 Å². The zero-order chi connectivity index (χ0) is 20.6. The van der Waals surface area contributed by atoms with Crippen LogP contribution >= 0.6 is 0 Å². The number of hydrogen-bond acceptors (Lipinski definition) is 3. The number of aromatic nitrogens is 1. The standard InChI is InChI=1S/C23H30N4O2/c1-25(2)23(29)26-15-11-21(12-16-26)22(28)27(18-20-9-6-13-24-17-20)14-10-19-7-4-3-5-8-19/h3-9,13,17,21H,10-12,14-16,18H2,1-2H3. The van der Waals surface area contributed by atoms with Crippen molar-refractivity contribution in [1.29, 1.82) is 0 Å². The summed E-state index contributed by atoms with van der Waals surface area (Å²) < 4.78 is 0. The largest absolute Gasteiger partial charge is 0.338 e. The molecule has 3 amide bonds. The van der Waals surface area contributed by atoms with E-state index in [-0.39, 0.29) is 17.9 Å². The van der Waals surface area contributed by atoms with Gasteiger partial charge in [-0.2, -0.15) is 0 Å². The van der Waals surface area contributed by atoms with E-state index in [4.69, 9.17) is 0 Å². The number of nitrogens with zero attached hydrogens (tertiary/aromatic N) is 4. The van der Waals surface area contributed by atoms with Gasteiger partial charge >= 0.3 is 6.03 Å². The molecule has 0 saturated carbocycles. The van der Waals surface area contributed by atoms with E-state index in [9.17, 15) is 9.59 Å². The van der Waals surface area contributed by atoms with Crippen molar-refractivity contribution in [3.63, 3.8) is 0 Å². The molecule has 1 saturated heterocycles. The molecule has 6 nitrogen and oxygen atoms in total. The van der Waals surface area contributed by atoms with Crippen LogP contribution in [0.4, 0.5) is 4.79 Å². The van der Waals surface area contributed by atoms with Crippen molar-refractivity contribution in [3.05, 3.63) is 66.0 Å². The van der Waals surface area contributed by atoms with E-state index in [1.54, 1.807) is 25.2 Å². The highest BCUT2D eigenvalue weighted by Crippen LogP contribution is 2.22.